The minimum absolute atomic E-state index is 1.02. The Kier molecular flexibility index (Phi) is 6.73. The molecule has 0 unspecified atom stereocenters. The first-order valence-electron chi connectivity index (χ1n) is 10.8. The van der Waals surface area contributed by atoms with Crippen LogP contribution in [0.25, 0.3) is 43.6 Å². The van der Waals surface area contributed by atoms with Crippen molar-refractivity contribution in [2.75, 3.05) is 5.33 Å². The molecule has 0 atom stereocenters. The minimum Gasteiger partial charge on any atom is -0.355 e. The molecule has 0 bridgehead atoms. The molecule has 0 saturated carbocycles. The zero-order valence-electron chi connectivity index (χ0n) is 18.0. The quantitative estimate of drug-likeness (QED) is 0.232. The van der Waals surface area contributed by atoms with Crippen molar-refractivity contribution < 1.29 is 0 Å². The van der Waals surface area contributed by atoms with Gasteiger partial charge in [0.2, 0.25) is 0 Å². The zero-order valence-corrected chi connectivity index (χ0v) is 19.6. The fraction of sp³-hybridized carbons (Fsp3) is 0.143. The highest BCUT2D eigenvalue weighted by atomic mass is 79.9. The largest absolute Gasteiger partial charge is 0.355 e. The van der Waals surface area contributed by atoms with Crippen LogP contribution in [0.1, 0.15) is 13.8 Å². The summed E-state index contributed by atoms with van der Waals surface area (Å²) in [6.07, 6.45) is 0. The molecule has 6 rings (SSSR count). The van der Waals surface area contributed by atoms with Crippen LogP contribution in [0.4, 0.5) is 0 Å². The maximum atomic E-state index is 3.38. The third-order valence-electron chi connectivity index (χ3n) is 5.41. The summed E-state index contributed by atoms with van der Waals surface area (Å²) in [5, 5.41) is 6.38. The van der Waals surface area contributed by atoms with Gasteiger partial charge >= 0.3 is 0 Å². The van der Waals surface area contributed by atoms with Crippen molar-refractivity contribution in [1.82, 2.24) is 9.55 Å². The second-order valence-electron chi connectivity index (χ2n) is 7.26. The van der Waals surface area contributed by atoms with Crippen LogP contribution >= 0.6 is 15.9 Å². The van der Waals surface area contributed by atoms with E-state index >= 15 is 0 Å². The van der Waals surface area contributed by atoms with E-state index in [-0.39, 0.29) is 0 Å². The van der Waals surface area contributed by atoms with Crippen molar-refractivity contribution in [2.45, 2.75) is 20.4 Å². The number of benzene rings is 4. The number of hydrogen-bond donors (Lipinski definition) is 1. The highest BCUT2D eigenvalue weighted by Crippen LogP contribution is 2.28. The predicted octanol–water partition coefficient (Wildman–Crippen LogP) is 8.54. The standard InChI is InChI=1S/C14H13N.C12H9N.C2H5Br/c1-2-15-13-9-5-3-7-11(13)12-8-4-6-10-14(12)15;1-3-7-11-9(5-1)10-6-2-4-8-12(10)13-11;1-2-3/h3-10H,2H2,1H3;1-8,13H;2H2,1H3. The van der Waals surface area contributed by atoms with E-state index in [1.54, 1.807) is 0 Å². The normalized spacial score (nSPS) is 10.7. The monoisotopic (exact) mass is 470 g/mol. The number of fused-ring (bicyclic) bond motifs is 6. The molecule has 0 aliphatic carbocycles. The van der Waals surface area contributed by atoms with E-state index in [0.717, 1.165) is 11.9 Å². The van der Waals surface area contributed by atoms with Gasteiger partial charge in [-0.15, -0.1) is 0 Å². The van der Waals surface area contributed by atoms with Crippen LogP contribution < -0.4 is 0 Å². The number of alkyl halides is 1. The molecule has 0 saturated heterocycles. The Morgan fingerprint density at radius 1 is 0.581 bits per heavy atom. The number of halogens is 1. The molecule has 2 aromatic heterocycles. The number of aromatic nitrogens is 2. The molecule has 0 radical (unpaired) electrons. The van der Waals surface area contributed by atoms with Crippen LogP contribution in [0.5, 0.6) is 0 Å². The molecule has 0 aliphatic heterocycles. The first-order chi connectivity index (χ1) is 15.3. The molecule has 0 aliphatic rings. The number of nitrogens with one attached hydrogen (secondary N) is 1. The van der Waals surface area contributed by atoms with E-state index in [0.29, 0.717) is 0 Å². The molecule has 1 N–H and O–H groups in total. The fourth-order valence-corrected chi connectivity index (χ4v) is 4.14. The molecule has 0 amide bonds. The van der Waals surface area contributed by atoms with Gasteiger partial charge in [-0.3, -0.25) is 0 Å². The van der Waals surface area contributed by atoms with Crippen LogP contribution in [-0.4, -0.2) is 14.9 Å². The van der Waals surface area contributed by atoms with Gasteiger partial charge in [-0.2, -0.15) is 0 Å². The third-order valence-corrected chi connectivity index (χ3v) is 5.41. The summed E-state index contributed by atoms with van der Waals surface area (Å²) >= 11 is 3.15. The van der Waals surface area contributed by atoms with E-state index < -0.39 is 0 Å². The van der Waals surface area contributed by atoms with Gasteiger partial charge in [0.1, 0.15) is 0 Å². The lowest BCUT2D eigenvalue weighted by atomic mass is 10.2. The van der Waals surface area contributed by atoms with E-state index in [1.807, 2.05) is 6.92 Å². The van der Waals surface area contributed by atoms with Crippen LogP contribution in [0.3, 0.4) is 0 Å². The third kappa shape index (κ3) is 4.24. The van der Waals surface area contributed by atoms with Gasteiger partial charge in [0.25, 0.3) is 0 Å². The Bertz CT molecular complexity index is 1320. The van der Waals surface area contributed by atoms with Gasteiger partial charge < -0.3 is 9.55 Å². The molecular weight excluding hydrogens is 444 g/mol. The molecule has 2 nitrogen and oxygen atoms in total. The Morgan fingerprint density at radius 3 is 1.35 bits per heavy atom. The smallest absolute Gasteiger partial charge is 0.0491 e. The molecule has 0 fully saturated rings. The molecule has 3 heteroatoms. The number of nitrogens with zero attached hydrogens (tertiary/aromatic N) is 1. The summed E-state index contributed by atoms with van der Waals surface area (Å²) in [4.78, 5) is 3.38. The Hall–Kier alpha value is -3.04. The average Bonchev–Trinajstić information content (AvgIpc) is 3.36. The average molecular weight is 471 g/mol. The predicted molar refractivity (Wildman–Crippen MR) is 140 cm³/mol. The molecule has 0 spiro atoms. The number of H-pyrrole nitrogens is 1. The highest BCUT2D eigenvalue weighted by molar-refractivity contribution is 9.09. The second-order valence-corrected chi connectivity index (χ2v) is 8.38. The van der Waals surface area contributed by atoms with Crippen molar-refractivity contribution in [3.8, 4) is 0 Å². The molecule has 6 aromatic rings. The van der Waals surface area contributed by atoms with Gasteiger partial charge in [-0.25, -0.2) is 0 Å². The van der Waals surface area contributed by atoms with Gasteiger partial charge in [0.05, 0.1) is 0 Å². The van der Waals surface area contributed by atoms with Crippen LogP contribution in [0, 0.1) is 0 Å². The highest BCUT2D eigenvalue weighted by Gasteiger charge is 2.06. The van der Waals surface area contributed by atoms with Crippen LogP contribution in [0.15, 0.2) is 97.1 Å². The second kappa shape index (κ2) is 9.84. The van der Waals surface area contributed by atoms with Gasteiger partial charge in [0, 0.05) is 55.5 Å². The van der Waals surface area contributed by atoms with Crippen LogP contribution in [0.2, 0.25) is 0 Å². The molecular formula is C28H27BrN2. The molecule has 4 aromatic carbocycles. The lowest BCUT2D eigenvalue weighted by Gasteiger charge is -2.01. The zero-order chi connectivity index (χ0) is 21.6. The van der Waals surface area contributed by atoms with Crippen molar-refractivity contribution in [3.05, 3.63) is 97.1 Å². The van der Waals surface area contributed by atoms with Crippen LogP contribution in [-0.2, 0) is 6.54 Å². The summed E-state index contributed by atoms with van der Waals surface area (Å²) in [5.41, 5.74) is 5.09. The van der Waals surface area contributed by atoms with E-state index in [1.165, 1.54) is 43.6 Å². The summed E-state index contributed by atoms with van der Waals surface area (Å²) < 4.78 is 2.37. The van der Waals surface area contributed by atoms with Crippen molar-refractivity contribution >= 4 is 59.5 Å². The van der Waals surface area contributed by atoms with Crippen molar-refractivity contribution in [3.63, 3.8) is 0 Å². The first-order valence-corrected chi connectivity index (χ1v) is 11.9. The summed E-state index contributed by atoms with van der Waals surface area (Å²) in [7, 11) is 0. The topological polar surface area (TPSA) is 20.7 Å². The number of aryl methyl sites for hydroxylation is 1. The number of para-hydroxylation sites is 4. The number of rotatable bonds is 1. The fourth-order valence-electron chi connectivity index (χ4n) is 4.14. The van der Waals surface area contributed by atoms with Crippen molar-refractivity contribution in [1.29, 1.82) is 0 Å². The maximum absolute atomic E-state index is 3.38. The lowest BCUT2D eigenvalue weighted by molar-refractivity contribution is 0.827. The lowest BCUT2D eigenvalue weighted by Crippen LogP contribution is -1.91. The molecule has 156 valence electrons. The van der Waals surface area contributed by atoms with Gasteiger partial charge in [0.15, 0.2) is 0 Å². The van der Waals surface area contributed by atoms with Gasteiger partial charge in [-0.1, -0.05) is 95.7 Å². The summed E-state index contributed by atoms with van der Waals surface area (Å²) in [6.45, 7) is 5.26. The van der Waals surface area contributed by atoms with E-state index in [9.17, 15) is 0 Å². The van der Waals surface area contributed by atoms with E-state index in [2.05, 4.69) is 129 Å². The molecule has 31 heavy (non-hydrogen) atoms. The Morgan fingerprint density at radius 2 is 0.935 bits per heavy atom. The summed E-state index contributed by atoms with van der Waals surface area (Å²) in [5.74, 6) is 0. The Labute approximate surface area is 191 Å². The number of hydrogen-bond acceptors (Lipinski definition) is 0. The van der Waals surface area contributed by atoms with Crippen molar-refractivity contribution in [2.24, 2.45) is 0 Å². The SMILES string of the molecule is CCBr.CCn1c2ccccc2c2ccccc21.c1ccc2c(c1)[nH]c1ccccc12. The molecule has 2 heterocycles. The Balaban J connectivity index is 0.000000134. The van der Waals surface area contributed by atoms with E-state index in [4.69, 9.17) is 0 Å². The number of aromatic amines is 1. The first kappa shape index (κ1) is 21.2. The summed E-state index contributed by atoms with van der Waals surface area (Å²) in [6, 6.07) is 34.0. The minimum atomic E-state index is 1.02. The van der Waals surface area contributed by atoms with Gasteiger partial charge in [-0.05, 0) is 31.2 Å². The maximum Gasteiger partial charge on any atom is 0.0491 e.